The highest BCUT2D eigenvalue weighted by Gasteiger charge is 2.16. The molecule has 0 spiro atoms. The van der Waals surface area contributed by atoms with Crippen LogP contribution >= 0.6 is 0 Å². The fourth-order valence-electron chi connectivity index (χ4n) is 2.97. The minimum atomic E-state index is -0.383. The molecule has 0 heterocycles. The first-order valence-corrected chi connectivity index (χ1v) is 8.82. The summed E-state index contributed by atoms with van der Waals surface area (Å²) in [5, 5.41) is 17.8. The largest absolute Gasteiger partial charge is 0.392 e. The lowest BCUT2D eigenvalue weighted by atomic mass is 10.0. The van der Waals surface area contributed by atoms with Gasteiger partial charge in [0.05, 0.1) is 12.6 Å². The average molecular weight is 348 g/mol. The summed E-state index contributed by atoms with van der Waals surface area (Å²) >= 11 is 0. The van der Waals surface area contributed by atoms with Crippen LogP contribution in [0.3, 0.4) is 0 Å². The van der Waals surface area contributed by atoms with E-state index in [2.05, 4.69) is 41.0 Å². The van der Waals surface area contributed by atoms with Gasteiger partial charge in [0.2, 0.25) is 5.91 Å². The van der Waals surface area contributed by atoms with Crippen molar-refractivity contribution in [1.82, 2.24) is 5.32 Å². The van der Waals surface area contributed by atoms with Crippen molar-refractivity contribution >= 4 is 22.4 Å². The van der Waals surface area contributed by atoms with Crippen molar-refractivity contribution in [3.8, 4) is 0 Å². The van der Waals surface area contributed by atoms with Gasteiger partial charge in [-0.15, -0.1) is 0 Å². The van der Waals surface area contributed by atoms with Crippen molar-refractivity contribution in [2.24, 2.45) is 0 Å². The summed E-state index contributed by atoms with van der Waals surface area (Å²) in [5.74, 6) is -0.0694. The number of hydrogen-bond donors (Lipinski definition) is 3. The number of benzene rings is 3. The van der Waals surface area contributed by atoms with Crippen LogP contribution < -0.4 is 10.6 Å². The van der Waals surface area contributed by atoms with E-state index in [0.29, 0.717) is 0 Å². The van der Waals surface area contributed by atoms with E-state index in [1.54, 1.807) is 0 Å². The number of hydrogen-bond acceptors (Lipinski definition) is 3. The van der Waals surface area contributed by atoms with Crippen LogP contribution in [0.25, 0.3) is 10.8 Å². The molecule has 2 unspecified atom stereocenters. The summed E-state index contributed by atoms with van der Waals surface area (Å²) in [4.78, 5) is 12.5. The lowest BCUT2D eigenvalue weighted by molar-refractivity contribution is -0.122. The Balaban J connectivity index is 1.65. The van der Waals surface area contributed by atoms with Crippen LogP contribution in [0, 0.1) is 0 Å². The number of rotatable bonds is 6. The second kappa shape index (κ2) is 8.02. The highest BCUT2D eigenvalue weighted by molar-refractivity contribution is 5.85. The predicted octanol–water partition coefficient (Wildman–Crippen LogP) is 4.01. The fourth-order valence-corrected chi connectivity index (χ4v) is 2.97. The summed E-state index contributed by atoms with van der Waals surface area (Å²) in [6.07, 6.45) is 0. The number of amides is 1. The van der Waals surface area contributed by atoms with Gasteiger partial charge < -0.3 is 15.7 Å². The zero-order chi connectivity index (χ0) is 18.5. The van der Waals surface area contributed by atoms with Gasteiger partial charge in [-0.1, -0.05) is 48.5 Å². The van der Waals surface area contributed by atoms with Crippen molar-refractivity contribution in [3.05, 3.63) is 77.9 Å². The second-order valence-corrected chi connectivity index (χ2v) is 6.56. The van der Waals surface area contributed by atoms with Crippen molar-refractivity contribution < 1.29 is 9.90 Å². The minimum absolute atomic E-state index is 0.0188. The van der Waals surface area contributed by atoms with E-state index in [4.69, 9.17) is 0 Å². The Morgan fingerprint density at radius 2 is 1.73 bits per heavy atom. The molecule has 0 aliphatic heterocycles. The van der Waals surface area contributed by atoms with Crippen LogP contribution in [-0.4, -0.2) is 17.1 Å². The SMILES string of the molecule is CC(Nc1cccc(CO)c1)C(=O)NC(C)c1ccc2ccccc2c1. The number of aliphatic hydroxyl groups excluding tert-OH is 1. The van der Waals surface area contributed by atoms with Crippen LogP contribution in [0.15, 0.2) is 66.7 Å². The molecule has 26 heavy (non-hydrogen) atoms. The maximum absolute atomic E-state index is 12.5. The lowest BCUT2D eigenvalue weighted by Crippen LogP contribution is -2.38. The number of nitrogens with one attached hydrogen (secondary N) is 2. The van der Waals surface area contributed by atoms with Crippen LogP contribution in [0.2, 0.25) is 0 Å². The molecule has 4 nitrogen and oxygen atoms in total. The first-order valence-electron chi connectivity index (χ1n) is 8.82. The monoisotopic (exact) mass is 348 g/mol. The van der Waals surface area contributed by atoms with Crippen molar-refractivity contribution in [3.63, 3.8) is 0 Å². The average Bonchev–Trinajstić information content (AvgIpc) is 2.67. The molecule has 0 aromatic heterocycles. The Kier molecular flexibility index (Phi) is 5.54. The van der Waals surface area contributed by atoms with Crippen molar-refractivity contribution in [2.45, 2.75) is 32.5 Å². The number of anilines is 1. The molecule has 0 saturated carbocycles. The van der Waals surface area contributed by atoms with Gasteiger partial charge >= 0.3 is 0 Å². The third kappa shape index (κ3) is 4.21. The molecule has 3 aromatic rings. The molecule has 0 saturated heterocycles. The molecule has 1 amide bonds. The van der Waals surface area contributed by atoms with Gasteiger partial charge in [0.1, 0.15) is 6.04 Å². The van der Waals surface area contributed by atoms with Crippen LogP contribution in [-0.2, 0) is 11.4 Å². The van der Waals surface area contributed by atoms with Crippen molar-refractivity contribution in [1.29, 1.82) is 0 Å². The van der Waals surface area contributed by atoms with E-state index >= 15 is 0 Å². The van der Waals surface area contributed by atoms with E-state index in [9.17, 15) is 9.90 Å². The Labute approximate surface area is 153 Å². The van der Waals surface area contributed by atoms with Gasteiger partial charge in [-0.2, -0.15) is 0 Å². The Morgan fingerprint density at radius 3 is 2.50 bits per heavy atom. The molecule has 3 N–H and O–H groups in total. The highest BCUT2D eigenvalue weighted by atomic mass is 16.3. The molecular formula is C22H24N2O2. The van der Waals surface area contributed by atoms with E-state index in [-0.39, 0.29) is 24.6 Å². The molecule has 0 fully saturated rings. The molecule has 0 aliphatic carbocycles. The fraction of sp³-hybridized carbons (Fsp3) is 0.227. The molecule has 3 rings (SSSR count). The second-order valence-electron chi connectivity index (χ2n) is 6.56. The molecule has 0 radical (unpaired) electrons. The van der Waals surface area contributed by atoms with Gasteiger partial charge in [0.15, 0.2) is 0 Å². The molecule has 3 aromatic carbocycles. The lowest BCUT2D eigenvalue weighted by Gasteiger charge is -2.20. The maximum atomic E-state index is 12.5. The van der Waals surface area contributed by atoms with E-state index in [1.807, 2.05) is 50.2 Å². The molecule has 2 atom stereocenters. The zero-order valence-corrected chi connectivity index (χ0v) is 15.1. The molecule has 0 aliphatic rings. The number of aliphatic hydroxyl groups is 1. The first-order chi connectivity index (χ1) is 12.6. The van der Waals surface area contributed by atoms with Gasteiger partial charge in [0, 0.05) is 5.69 Å². The summed E-state index contributed by atoms with van der Waals surface area (Å²) in [5.41, 5.74) is 2.70. The zero-order valence-electron chi connectivity index (χ0n) is 15.1. The van der Waals surface area contributed by atoms with E-state index in [1.165, 1.54) is 5.39 Å². The summed E-state index contributed by atoms with van der Waals surface area (Å²) < 4.78 is 0. The number of carbonyl (C=O) groups excluding carboxylic acids is 1. The first kappa shape index (κ1) is 18.0. The molecule has 134 valence electrons. The van der Waals surface area contributed by atoms with Gasteiger partial charge in [-0.05, 0) is 53.9 Å². The summed E-state index contributed by atoms with van der Waals surface area (Å²) in [6.45, 7) is 3.80. The predicted molar refractivity (Wildman–Crippen MR) is 106 cm³/mol. The van der Waals surface area contributed by atoms with Gasteiger partial charge in [-0.25, -0.2) is 0 Å². The Bertz CT molecular complexity index is 907. The van der Waals surface area contributed by atoms with Crippen LogP contribution in [0.4, 0.5) is 5.69 Å². The number of carbonyl (C=O) groups is 1. The smallest absolute Gasteiger partial charge is 0.242 e. The number of fused-ring (bicyclic) bond motifs is 1. The standard InChI is InChI=1S/C22H24N2O2/c1-15(19-11-10-18-7-3-4-8-20(18)13-19)24-22(26)16(2)23-21-9-5-6-17(12-21)14-25/h3-13,15-16,23,25H,14H2,1-2H3,(H,24,26). The Morgan fingerprint density at radius 1 is 0.962 bits per heavy atom. The highest BCUT2D eigenvalue weighted by Crippen LogP contribution is 2.20. The minimum Gasteiger partial charge on any atom is -0.392 e. The van der Waals surface area contributed by atoms with Crippen molar-refractivity contribution in [2.75, 3.05) is 5.32 Å². The normalized spacial score (nSPS) is 13.2. The third-order valence-electron chi connectivity index (χ3n) is 4.52. The van der Waals surface area contributed by atoms with E-state index < -0.39 is 0 Å². The molecule has 0 bridgehead atoms. The maximum Gasteiger partial charge on any atom is 0.242 e. The Hall–Kier alpha value is -2.85. The molecule has 4 heteroatoms. The third-order valence-corrected chi connectivity index (χ3v) is 4.52. The van der Waals surface area contributed by atoms with Gasteiger partial charge in [0.25, 0.3) is 0 Å². The van der Waals surface area contributed by atoms with Gasteiger partial charge in [-0.3, -0.25) is 4.79 Å². The van der Waals surface area contributed by atoms with Crippen LogP contribution in [0.5, 0.6) is 0 Å². The van der Waals surface area contributed by atoms with Crippen LogP contribution in [0.1, 0.15) is 31.0 Å². The summed E-state index contributed by atoms with van der Waals surface area (Å²) in [6, 6.07) is 21.4. The topological polar surface area (TPSA) is 61.4 Å². The quantitative estimate of drug-likeness (QED) is 0.631. The summed E-state index contributed by atoms with van der Waals surface area (Å²) in [7, 11) is 0. The van der Waals surface area contributed by atoms with E-state index in [0.717, 1.165) is 22.2 Å². The molecular weight excluding hydrogens is 324 g/mol.